The van der Waals surface area contributed by atoms with Crippen molar-refractivity contribution in [1.29, 1.82) is 0 Å². The zero-order valence-corrected chi connectivity index (χ0v) is 31.4. The largest absolute Gasteiger partial charge is 0.394 e. The molecule has 1 heterocycles. The van der Waals surface area contributed by atoms with Gasteiger partial charge < -0.3 is 40.1 Å². The average Bonchev–Trinajstić information content (AvgIpc) is 3.08. The minimum atomic E-state index is -1.62. The predicted octanol–water partition coefficient (Wildman–Crippen LogP) is 6.91. The number of hydrogen-bond acceptors (Lipinski definition) is 9. The Morgan fingerprint density at radius 1 is 0.694 bits per heavy atom. The van der Waals surface area contributed by atoms with Gasteiger partial charge in [0, 0.05) is 0 Å². The molecule has 0 bridgehead atoms. The zero-order chi connectivity index (χ0) is 36.3. The van der Waals surface area contributed by atoms with Gasteiger partial charge in [0.15, 0.2) is 12.1 Å². The van der Waals surface area contributed by atoms with Gasteiger partial charge in [-0.05, 0) is 25.2 Å². The molecule has 0 aromatic carbocycles. The van der Waals surface area contributed by atoms with Gasteiger partial charge in [-0.3, -0.25) is 4.79 Å². The number of rotatable bonds is 32. The maximum atomic E-state index is 13.4. The number of unbranched alkanes of at least 4 members (excludes halogenated alkanes) is 19. The van der Waals surface area contributed by atoms with E-state index in [1.165, 1.54) is 96.3 Å². The molecule has 0 radical (unpaired) electrons. The van der Waals surface area contributed by atoms with E-state index in [1.807, 2.05) is 6.08 Å². The smallest absolute Gasteiger partial charge is 0.186 e. The van der Waals surface area contributed by atoms with E-state index < -0.39 is 61.2 Å². The number of aliphatic hydroxyl groups excluding tert-OH is 6. The van der Waals surface area contributed by atoms with Gasteiger partial charge in [-0.15, -0.1) is 0 Å². The summed E-state index contributed by atoms with van der Waals surface area (Å²) in [5.41, 5.74) is 0. The fourth-order valence-corrected chi connectivity index (χ4v) is 6.57. The van der Waals surface area contributed by atoms with E-state index in [9.17, 15) is 35.4 Å². The topological polar surface area (TPSA) is 157 Å². The summed E-state index contributed by atoms with van der Waals surface area (Å²) in [6, 6.07) is 0. The first-order chi connectivity index (χ1) is 23.6. The summed E-state index contributed by atoms with van der Waals surface area (Å²) in [6.07, 6.45) is 19.9. The van der Waals surface area contributed by atoms with Crippen LogP contribution < -0.4 is 0 Å². The Morgan fingerprint density at radius 3 is 1.69 bits per heavy atom. The van der Waals surface area contributed by atoms with Crippen LogP contribution in [0.3, 0.4) is 0 Å². The number of carbonyl (C=O) groups is 1. The molecule has 9 nitrogen and oxygen atoms in total. The predicted molar refractivity (Wildman–Crippen MR) is 196 cm³/mol. The third-order valence-corrected chi connectivity index (χ3v) is 9.96. The van der Waals surface area contributed by atoms with Gasteiger partial charge in [0.05, 0.1) is 25.2 Å². The lowest BCUT2D eigenvalue weighted by atomic mass is 9.91. The van der Waals surface area contributed by atoms with E-state index in [4.69, 9.17) is 9.47 Å². The molecule has 0 aromatic rings. The number of carbonyl (C=O) groups excluding carboxylic acids is 1. The van der Waals surface area contributed by atoms with Gasteiger partial charge in [0.25, 0.3) is 0 Å². The molecule has 0 aliphatic carbocycles. The van der Waals surface area contributed by atoms with Crippen LogP contribution in [0.4, 0.5) is 0 Å². The number of ether oxygens (including phenoxy) is 2. The Bertz CT molecular complexity index is 805. The van der Waals surface area contributed by atoms with Gasteiger partial charge in [-0.2, -0.15) is 0 Å². The summed E-state index contributed by atoms with van der Waals surface area (Å²) in [5.74, 6) is -0.869. The quantitative estimate of drug-likeness (QED) is 0.0324. The molecule has 0 unspecified atom stereocenters. The van der Waals surface area contributed by atoms with Crippen LogP contribution in [0.25, 0.3) is 0 Å². The van der Waals surface area contributed by atoms with Crippen LogP contribution >= 0.6 is 0 Å². The minimum Gasteiger partial charge on any atom is -0.394 e. The fourth-order valence-electron chi connectivity index (χ4n) is 6.57. The Kier molecular flexibility index (Phi) is 27.9. The van der Waals surface area contributed by atoms with E-state index in [2.05, 4.69) is 20.8 Å². The second-order valence-corrected chi connectivity index (χ2v) is 15.0. The molecule has 6 N–H and O–H groups in total. The highest BCUT2D eigenvalue weighted by Crippen LogP contribution is 2.24. The number of hydrogen-bond donors (Lipinski definition) is 6. The molecule has 0 aromatic heterocycles. The van der Waals surface area contributed by atoms with Crippen molar-refractivity contribution < 1.29 is 44.9 Å². The molecule has 8 atom stereocenters. The van der Waals surface area contributed by atoms with E-state index in [0.717, 1.165) is 44.4 Å². The number of aliphatic hydroxyl groups is 6. The van der Waals surface area contributed by atoms with Crippen molar-refractivity contribution in [1.82, 2.24) is 0 Å². The molecule has 1 aliphatic rings. The molecule has 290 valence electrons. The summed E-state index contributed by atoms with van der Waals surface area (Å²) >= 11 is 0. The second-order valence-electron chi connectivity index (χ2n) is 15.0. The summed E-state index contributed by atoms with van der Waals surface area (Å²) in [4.78, 5) is 13.4. The van der Waals surface area contributed by atoms with Crippen LogP contribution in [0.5, 0.6) is 0 Å². The molecule has 1 aliphatic heterocycles. The molecule has 9 heteroatoms. The molecule has 49 heavy (non-hydrogen) atoms. The summed E-state index contributed by atoms with van der Waals surface area (Å²) in [7, 11) is 0. The van der Waals surface area contributed by atoms with Crippen LogP contribution in [0.1, 0.15) is 168 Å². The van der Waals surface area contributed by atoms with Crippen LogP contribution in [-0.4, -0.2) is 92.5 Å². The number of allylic oxidation sites excluding steroid dienone is 1. The van der Waals surface area contributed by atoms with Crippen LogP contribution in [0.2, 0.25) is 0 Å². The Balaban J connectivity index is 2.54. The first-order valence-corrected chi connectivity index (χ1v) is 20.1. The summed E-state index contributed by atoms with van der Waals surface area (Å²) in [6.45, 7) is 5.81. The van der Waals surface area contributed by atoms with Crippen LogP contribution in [0, 0.1) is 11.8 Å². The highest BCUT2D eigenvalue weighted by molar-refractivity contribution is 5.86. The lowest BCUT2D eigenvalue weighted by Crippen LogP contribution is -2.59. The van der Waals surface area contributed by atoms with Crippen molar-refractivity contribution in [3.8, 4) is 0 Å². The maximum Gasteiger partial charge on any atom is 0.186 e. The van der Waals surface area contributed by atoms with Crippen molar-refractivity contribution >= 4 is 5.78 Å². The van der Waals surface area contributed by atoms with Crippen molar-refractivity contribution in [3.05, 3.63) is 12.2 Å². The maximum absolute atomic E-state index is 13.4. The number of ketones is 1. The molecule has 0 saturated carbocycles. The number of Topliss-reactive ketones (excluding diaryl/α,β-unsaturated/α-hetero) is 1. The van der Waals surface area contributed by atoms with Crippen LogP contribution in [-0.2, 0) is 14.3 Å². The lowest BCUT2D eigenvalue weighted by Gasteiger charge is -2.40. The van der Waals surface area contributed by atoms with Gasteiger partial charge in [-0.25, -0.2) is 0 Å². The Labute approximate surface area is 298 Å². The molecule has 0 spiro atoms. The van der Waals surface area contributed by atoms with Gasteiger partial charge >= 0.3 is 0 Å². The first-order valence-electron chi connectivity index (χ1n) is 20.1. The van der Waals surface area contributed by atoms with Crippen molar-refractivity contribution in [2.24, 2.45) is 11.8 Å². The van der Waals surface area contributed by atoms with E-state index in [1.54, 1.807) is 6.08 Å². The van der Waals surface area contributed by atoms with Gasteiger partial charge in [0.2, 0.25) is 0 Å². The minimum absolute atomic E-state index is 0.292. The monoisotopic (exact) mass is 701 g/mol. The van der Waals surface area contributed by atoms with E-state index in [-0.39, 0.29) is 6.61 Å². The first kappa shape index (κ1) is 46.1. The molecular weight excluding hydrogens is 624 g/mol. The molecule has 0 amide bonds. The van der Waals surface area contributed by atoms with E-state index in [0.29, 0.717) is 12.8 Å². The third-order valence-electron chi connectivity index (χ3n) is 9.96. The van der Waals surface area contributed by atoms with Crippen molar-refractivity contribution in [2.45, 2.75) is 211 Å². The normalized spacial score (nSPS) is 23.3. The molecule has 1 fully saturated rings. The zero-order valence-electron chi connectivity index (χ0n) is 31.4. The standard InChI is InChI=1S/C40H76O9/c1-4-5-6-7-8-9-11-16-19-22-25-28-34(43)36(44)32(30-48-40-39(47)38(46)37(45)35(29-41)49-40)33(42)27-24-21-18-15-13-10-12-14-17-20-23-26-31(2)3/h24,27,31-35,37-43,45-47H,4-23,25-26,28-30H2,1-3H3/b27-24+/t32-,33+,34+,35+,37-,38-,39+,40+/m0/s1. The molecule has 1 rings (SSSR count). The van der Waals surface area contributed by atoms with Gasteiger partial charge in [0.1, 0.15) is 30.5 Å². The second kappa shape index (κ2) is 29.6. The third kappa shape index (κ3) is 21.3. The fraction of sp³-hybridized carbons (Fsp3) is 0.925. The highest BCUT2D eigenvalue weighted by Gasteiger charge is 2.44. The van der Waals surface area contributed by atoms with Gasteiger partial charge in [-0.1, -0.05) is 161 Å². The molecular formula is C40H76O9. The lowest BCUT2D eigenvalue weighted by molar-refractivity contribution is -0.303. The summed E-state index contributed by atoms with van der Waals surface area (Å²) in [5, 5.41) is 61.9. The highest BCUT2D eigenvalue weighted by atomic mass is 16.7. The van der Waals surface area contributed by atoms with Crippen molar-refractivity contribution in [2.75, 3.05) is 13.2 Å². The molecule has 1 saturated heterocycles. The summed E-state index contributed by atoms with van der Waals surface area (Å²) < 4.78 is 11.1. The SMILES string of the molecule is CCCCCCCCCCCCC[C@@H](O)C(=O)[C@@H](CO[C@@H]1O[C@H](CO)[C@H](O)[C@H](O)[C@H]1O)[C@H](O)/C=C/CCCCCCCCCCCC(C)C. The van der Waals surface area contributed by atoms with Crippen molar-refractivity contribution in [3.63, 3.8) is 0 Å². The Hall–Kier alpha value is -0.910. The van der Waals surface area contributed by atoms with Crippen LogP contribution in [0.15, 0.2) is 12.2 Å². The average molecular weight is 701 g/mol. The Morgan fingerprint density at radius 2 is 1.18 bits per heavy atom. The van der Waals surface area contributed by atoms with E-state index >= 15 is 0 Å².